The summed E-state index contributed by atoms with van der Waals surface area (Å²) in [7, 11) is 0. The number of halogens is 1. The van der Waals surface area contributed by atoms with E-state index in [1.807, 2.05) is 10.6 Å². The van der Waals surface area contributed by atoms with E-state index in [1.54, 1.807) is 18.6 Å². The van der Waals surface area contributed by atoms with Gasteiger partial charge in [-0.15, -0.1) is 0 Å². The number of hydrogen-bond acceptors (Lipinski definition) is 3. The van der Waals surface area contributed by atoms with Crippen LogP contribution in [-0.2, 0) is 4.74 Å². The van der Waals surface area contributed by atoms with Crippen molar-refractivity contribution >= 4 is 0 Å². The number of aliphatic hydroxyl groups is 1. The maximum atomic E-state index is 13.5. The molecule has 3 atom stereocenters. The van der Waals surface area contributed by atoms with Gasteiger partial charge in [0.05, 0.1) is 37.0 Å². The van der Waals surface area contributed by atoms with E-state index >= 15 is 0 Å². The number of ether oxygens (including phenoxy) is 1. The van der Waals surface area contributed by atoms with Gasteiger partial charge in [0, 0.05) is 18.1 Å². The Morgan fingerprint density at radius 1 is 1.40 bits per heavy atom. The van der Waals surface area contributed by atoms with Crippen molar-refractivity contribution in [1.82, 2.24) is 9.55 Å². The van der Waals surface area contributed by atoms with Crippen molar-refractivity contribution in [1.29, 1.82) is 0 Å². The zero-order chi connectivity index (χ0) is 13.7. The molecule has 2 aliphatic rings. The summed E-state index contributed by atoms with van der Waals surface area (Å²) in [5.41, 5.74) is 2.86. The van der Waals surface area contributed by atoms with Crippen LogP contribution in [0.4, 0.5) is 4.39 Å². The molecule has 4 rings (SSSR count). The largest absolute Gasteiger partial charge is 0.390 e. The van der Waals surface area contributed by atoms with Crippen molar-refractivity contribution in [2.45, 2.75) is 18.6 Å². The highest BCUT2D eigenvalue weighted by molar-refractivity contribution is 5.69. The Labute approximate surface area is 115 Å². The highest BCUT2D eigenvalue weighted by atomic mass is 19.1. The summed E-state index contributed by atoms with van der Waals surface area (Å²) in [4.78, 5) is 4.17. The lowest BCUT2D eigenvalue weighted by molar-refractivity contribution is -0.0540. The lowest BCUT2D eigenvalue weighted by atomic mass is 9.85. The van der Waals surface area contributed by atoms with Crippen LogP contribution in [0.25, 0.3) is 11.3 Å². The summed E-state index contributed by atoms with van der Waals surface area (Å²) in [5, 5.41) is 10.2. The van der Waals surface area contributed by atoms with Crippen molar-refractivity contribution in [3.8, 4) is 11.3 Å². The van der Waals surface area contributed by atoms with Gasteiger partial charge in [0.2, 0.25) is 0 Å². The van der Waals surface area contributed by atoms with E-state index in [-0.39, 0.29) is 17.8 Å². The Hall–Kier alpha value is -1.72. The van der Waals surface area contributed by atoms with Crippen LogP contribution in [0.3, 0.4) is 0 Å². The molecule has 3 heterocycles. The smallest absolute Gasteiger partial charge is 0.123 e. The summed E-state index contributed by atoms with van der Waals surface area (Å²) in [6.45, 7) is 1.01. The van der Waals surface area contributed by atoms with Crippen LogP contribution in [0.2, 0.25) is 0 Å². The number of nitrogens with zero attached hydrogens (tertiary/aromatic N) is 2. The molecule has 2 aromatic rings. The van der Waals surface area contributed by atoms with Crippen LogP contribution in [0.5, 0.6) is 0 Å². The molecular formula is C15H15FN2O2. The van der Waals surface area contributed by atoms with Gasteiger partial charge >= 0.3 is 0 Å². The molecular weight excluding hydrogens is 259 g/mol. The molecule has 1 saturated heterocycles. The lowest BCUT2D eigenvalue weighted by Crippen LogP contribution is -2.37. The van der Waals surface area contributed by atoms with Crippen LogP contribution in [0, 0.1) is 11.7 Å². The third-order valence-electron chi connectivity index (χ3n) is 4.36. The molecule has 4 nitrogen and oxygen atoms in total. The topological polar surface area (TPSA) is 47.3 Å². The summed E-state index contributed by atoms with van der Waals surface area (Å²) >= 11 is 0. The van der Waals surface area contributed by atoms with Gasteiger partial charge in [-0.1, -0.05) is 6.07 Å². The van der Waals surface area contributed by atoms with Crippen LogP contribution >= 0.6 is 0 Å². The molecule has 0 unspecified atom stereocenters. The number of aromatic nitrogens is 2. The maximum absolute atomic E-state index is 13.5. The zero-order valence-corrected chi connectivity index (χ0v) is 10.9. The molecule has 104 valence electrons. The second-order valence-electron chi connectivity index (χ2n) is 5.46. The van der Waals surface area contributed by atoms with Crippen molar-refractivity contribution in [3.63, 3.8) is 0 Å². The first kappa shape index (κ1) is 12.1. The fourth-order valence-electron chi connectivity index (χ4n) is 3.44. The maximum Gasteiger partial charge on any atom is 0.123 e. The molecule has 20 heavy (non-hydrogen) atoms. The Kier molecular flexibility index (Phi) is 2.65. The van der Waals surface area contributed by atoms with E-state index in [4.69, 9.17) is 4.74 Å². The first-order valence-electron chi connectivity index (χ1n) is 6.83. The number of fused-ring (bicyclic) bond motifs is 3. The van der Waals surface area contributed by atoms with Gasteiger partial charge in [0.1, 0.15) is 5.82 Å². The molecule has 0 aliphatic carbocycles. The molecule has 2 aliphatic heterocycles. The van der Waals surface area contributed by atoms with Gasteiger partial charge in [-0.3, -0.25) is 0 Å². The Morgan fingerprint density at radius 3 is 3.15 bits per heavy atom. The monoisotopic (exact) mass is 274 g/mol. The number of imidazole rings is 1. The van der Waals surface area contributed by atoms with Gasteiger partial charge in [-0.2, -0.15) is 0 Å². The van der Waals surface area contributed by atoms with Crippen molar-refractivity contribution in [3.05, 3.63) is 42.1 Å². The van der Waals surface area contributed by atoms with Gasteiger partial charge in [0.15, 0.2) is 0 Å². The van der Waals surface area contributed by atoms with E-state index in [0.29, 0.717) is 13.2 Å². The van der Waals surface area contributed by atoms with E-state index in [0.717, 1.165) is 23.2 Å². The summed E-state index contributed by atoms with van der Waals surface area (Å²) in [6.07, 6.45) is 3.81. The van der Waals surface area contributed by atoms with Gasteiger partial charge in [-0.25, -0.2) is 9.37 Å². The number of benzene rings is 1. The fourth-order valence-corrected chi connectivity index (χ4v) is 3.44. The fraction of sp³-hybridized carbons (Fsp3) is 0.400. The summed E-state index contributed by atoms with van der Waals surface area (Å²) in [6, 6.07) is 4.87. The van der Waals surface area contributed by atoms with E-state index in [2.05, 4.69) is 4.98 Å². The van der Waals surface area contributed by atoms with Crippen LogP contribution < -0.4 is 0 Å². The second kappa shape index (κ2) is 4.40. The SMILES string of the molecule is O[C@H]1COCC[C@@H]1[C@@H]1c2ccc(F)cc2-c2cncn21. The molecule has 0 amide bonds. The minimum atomic E-state index is -0.500. The van der Waals surface area contributed by atoms with Gasteiger partial charge in [0.25, 0.3) is 0 Å². The highest BCUT2D eigenvalue weighted by Gasteiger charge is 2.39. The predicted molar refractivity (Wildman–Crippen MR) is 70.7 cm³/mol. The zero-order valence-electron chi connectivity index (χ0n) is 10.9. The Bertz CT molecular complexity index is 655. The molecule has 0 saturated carbocycles. The average molecular weight is 274 g/mol. The molecule has 1 fully saturated rings. The standard InChI is InChI=1S/C15H15FN2O2/c16-9-1-2-10-12(5-9)13-6-17-8-18(13)15(10)11-3-4-20-7-14(11)19/h1-2,5-6,8,11,14-15,19H,3-4,7H2/t11-,14-,15-/m0/s1. The first-order chi connectivity index (χ1) is 9.75. The average Bonchev–Trinajstić information content (AvgIpc) is 3.00. The summed E-state index contributed by atoms with van der Waals surface area (Å²) < 4.78 is 20.9. The third-order valence-corrected chi connectivity index (χ3v) is 4.36. The molecule has 5 heteroatoms. The molecule has 1 aromatic carbocycles. The molecule has 1 aromatic heterocycles. The van der Waals surface area contributed by atoms with E-state index in [9.17, 15) is 9.50 Å². The quantitative estimate of drug-likeness (QED) is 0.865. The lowest BCUT2D eigenvalue weighted by Gasteiger charge is -2.33. The molecule has 0 spiro atoms. The van der Waals surface area contributed by atoms with Gasteiger partial charge < -0.3 is 14.4 Å². The van der Waals surface area contributed by atoms with E-state index < -0.39 is 6.10 Å². The molecule has 0 bridgehead atoms. The van der Waals surface area contributed by atoms with Crippen LogP contribution in [0.1, 0.15) is 18.0 Å². The number of aliphatic hydroxyl groups excluding tert-OH is 1. The second-order valence-corrected chi connectivity index (χ2v) is 5.46. The Morgan fingerprint density at radius 2 is 2.30 bits per heavy atom. The Balaban J connectivity index is 1.85. The molecule has 1 N–H and O–H groups in total. The third kappa shape index (κ3) is 1.63. The first-order valence-corrected chi connectivity index (χ1v) is 6.83. The molecule has 0 radical (unpaired) electrons. The van der Waals surface area contributed by atoms with Crippen molar-refractivity contribution < 1.29 is 14.2 Å². The van der Waals surface area contributed by atoms with E-state index in [1.165, 1.54) is 6.07 Å². The minimum absolute atomic E-state index is 0.0157. The van der Waals surface area contributed by atoms with Gasteiger partial charge in [-0.05, 0) is 24.1 Å². The predicted octanol–water partition coefficient (Wildman–Crippen LogP) is 1.99. The minimum Gasteiger partial charge on any atom is -0.390 e. The van der Waals surface area contributed by atoms with Crippen molar-refractivity contribution in [2.24, 2.45) is 5.92 Å². The normalized spacial score (nSPS) is 28.2. The van der Waals surface area contributed by atoms with Crippen LogP contribution in [-0.4, -0.2) is 34.0 Å². The van der Waals surface area contributed by atoms with Crippen molar-refractivity contribution in [2.75, 3.05) is 13.2 Å². The highest BCUT2D eigenvalue weighted by Crippen LogP contribution is 2.45. The van der Waals surface area contributed by atoms with Crippen LogP contribution in [0.15, 0.2) is 30.7 Å². The summed E-state index contributed by atoms with van der Waals surface area (Å²) in [5.74, 6) is -0.173. The number of rotatable bonds is 1. The number of hydrogen-bond donors (Lipinski definition) is 1.